The molecule has 0 aliphatic heterocycles. The van der Waals surface area contributed by atoms with Gasteiger partial charge in [-0.05, 0) is 12.1 Å². The fourth-order valence-corrected chi connectivity index (χ4v) is 1.61. The first-order chi connectivity index (χ1) is 8.36. The number of anilines is 1. The Labute approximate surface area is 106 Å². The van der Waals surface area contributed by atoms with Crippen LogP contribution in [-0.4, -0.2) is 9.97 Å². The van der Waals surface area contributed by atoms with Crippen LogP contribution in [0.3, 0.4) is 0 Å². The molecule has 1 aromatic heterocycles. The number of rotatable bonds is 1. The van der Waals surface area contributed by atoms with Gasteiger partial charge in [0.1, 0.15) is 5.82 Å². The smallest absolute Gasteiger partial charge is 0.251 e. The number of nitrogens with one attached hydrogen (secondary N) is 1. The van der Waals surface area contributed by atoms with Gasteiger partial charge in [-0.15, -0.1) is 0 Å². The third-order valence-corrected chi connectivity index (χ3v) is 2.66. The third kappa shape index (κ3) is 2.59. The molecule has 1 aromatic carbocycles. The summed E-state index contributed by atoms with van der Waals surface area (Å²) in [7, 11) is 0. The lowest BCUT2D eigenvalue weighted by Crippen LogP contribution is -2.21. The molecule has 94 valence electrons. The lowest BCUT2D eigenvalue weighted by atomic mass is 9.95. The molecular weight excluding hydrogens is 226 g/mol. The number of hydrogen-bond donors (Lipinski definition) is 2. The Balaban J connectivity index is 2.55. The quantitative estimate of drug-likeness (QED) is 0.755. The van der Waals surface area contributed by atoms with Crippen LogP contribution in [0.15, 0.2) is 35.1 Å². The summed E-state index contributed by atoms with van der Waals surface area (Å²) in [5.74, 6) is 0.682. The van der Waals surface area contributed by atoms with Crippen molar-refractivity contribution in [1.82, 2.24) is 9.97 Å². The van der Waals surface area contributed by atoms with Crippen LogP contribution in [-0.2, 0) is 5.41 Å². The summed E-state index contributed by atoms with van der Waals surface area (Å²) in [5.41, 5.74) is 7.57. The van der Waals surface area contributed by atoms with E-state index in [1.54, 1.807) is 12.1 Å². The van der Waals surface area contributed by atoms with Gasteiger partial charge in [0.05, 0.1) is 5.69 Å². The van der Waals surface area contributed by atoms with Gasteiger partial charge < -0.3 is 10.7 Å². The average molecular weight is 243 g/mol. The Morgan fingerprint density at radius 1 is 1.17 bits per heavy atom. The highest BCUT2D eigenvalue weighted by Gasteiger charge is 2.17. The maximum absolute atomic E-state index is 11.7. The van der Waals surface area contributed by atoms with Crippen LogP contribution in [0.5, 0.6) is 0 Å². The van der Waals surface area contributed by atoms with E-state index in [1.807, 2.05) is 32.9 Å². The molecule has 0 aliphatic rings. The number of nitrogens with zero attached hydrogens (tertiary/aromatic N) is 1. The Kier molecular flexibility index (Phi) is 2.95. The summed E-state index contributed by atoms with van der Waals surface area (Å²) in [5, 5.41) is 0. The fourth-order valence-electron chi connectivity index (χ4n) is 1.61. The van der Waals surface area contributed by atoms with Gasteiger partial charge in [-0.3, -0.25) is 4.79 Å². The molecule has 3 N–H and O–H groups in total. The molecule has 4 heteroatoms. The number of hydrogen-bond acceptors (Lipinski definition) is 3. The molecule has 0 aliphatic carbocycles. The second kappa shape index (κ2) is 4.29. The number of H-pyrrole nitrogens is 1. The molecule has 0 radical (unpaired) electrons. The number of nitrogen functional groups attached to an aromatic ring is 1. The van der Waals surface area contributed by atoms with Crippen molar-refractivity contribution in [1.29, 1.82) is 0 Å². The van der Waals surface area contributed by atoms with Crippen molar-refractivity contribution < 1.29 is 0 Å². The summed E-state index contributed by atoms with van der Waals surface area (Å²) in [6, 6.07) is 8.83. The zero-order chi connectivity index (χ0) is 13.3. The summed E-state index contributed by atoms with van der Waals surface area (Å²) in [6.07, 6.45) is 0. The fraction of sp³-hybridized carbons (Fsp3) is 0.286. The van der Waals surface area contributed by atoms with Crippen LogP contribution in [0.2, 0.25) is 0 Å². The Bertz CT molecular complexity index is 606. The zero-order valence-corrected chi connectivity index (χ0v) is 10.8. The summed E-state index contributed by atoms with van der Waals surface area (Å²) in [4.78, 5) is 19.0. The van der Waals surface area contributed by atoms with Crippen molar-refractivity contribution in [2.24, 2.45) is 0 Å². The molecule has 0 bridgehead atoms. The number of benzene rings is 1. The van der Waals surface area contributed by atoms with E-state index in [2.05, 4.69) is 9.97 Å². The SMILES string of the molecule is CC(C)(C)c1nc(-c2ccc(N)cc2)cc(=O)[nH]1. The molecule has 0 amide bonds. The van der Waals surface area contributed by atoms with Gasteiger partial charge in [-0.2, -0.15) is 0 Å². The predicted octanol–water partition coefficient (Wildman–Crippen LogP) is 2.32. The number of nitrogens with two attached hydrogens (primary N) is 1. The van der Waals surface area contributed by atoms with E-state index in [4.69, 9.17) is 5.73 Å². The van der Waals surface area contributed by atoms with Gasteiger partial charge in [0.25, 0.3) is 5.56 Å². The van der Waals surface area contributed by atoms with E-state index in [9.17, 15) is 4.79 Å². The molecule has 18 heavy (non-hydrogen) atoms. The van der Waals surface area contributed by atoms with Crippen molar-refractivity contribution in [2.45, 2.75) is 26.2 Å². The molecule has 0 saturated heterocycles. The first kappa shape index (κ1) is 12.4. The first-order valence-electron chi connectivity index (χ1n) is 5.84. The molecule has 0 atom stereocenters. The van der Waals surface area contributed by atoms with E-state index in [0.29, 0.717) is 17.2 Å². The maximum atomic E-state index is 11.7. The molecule has 2 rings (SSSR count). The van der Waals surface area contributed by atoms with Crippen LogP contribution in [0.4, 0.5) is 5.69 Å². The van der Waals surface area contributed by atoms with Gasteiger partial charge in [0.2, 0.25) is 0 Å². The normalized spacial score (nSPS) is 11.5. The summed E-state index contributed by atoms with van der Waals surface area (Å²) in [6.45, 7) is 6.04. The number of aromatic amines is 1. The van der Waals surface area contributed by atoms with E-state index < -0.39 is 0 Å². The van der Waals surface area contributed by atoms with Crippen LogP contribution in [0.1, 0.15) is 26.6 Å². The van der Waals surface area contributed by atoms with Gasteiger partial charge in [-0.25, -0.2) is 4.98 Å². The summed E-state index contributed by atoms with van der Waals surface area (Å²) < 4.78 is 0. The van der Waals surface area contributed by atoms with Crippen LogP contribution in [0, 0.1) is 0 Å². The highest BCUT2D eigenvalue weighted by molar-refractivity contribution is 5.61. The van der Waals surface area contributed by atoms with Crippen molar-refractivity contribution in [3.05, 3.63) is 46.5 Å². The van der Waals surface area contributed by atoms with Crippen molar-refractivity contribution in [2.75, 3.05) is 5.73 Å². The van der Waals surface area contributed by atoms with E-state index in [1.165, 1.54) is 6.07 Å². The Hall–Kier alpha value is -2.10. The molecule has 4 nitrogen and oxygen atoms in total. The minimum absolute atomic E-state index is 0.137. The molecule has 0 fully saturated rings. The second-order valence-electron chi connectivity index (χ2n) is 5.35. The Morgan fingerprint density at radius 2 is 1.78 bits per heavy atom. The molecule has 0 saturated carbocycles. The monoisotopic (exact) mass is 243 g/mol. The standard InChI is InChI=1S/C14H17N3O/c1-14(2,3)13-16-11(8-12(18)17-13)9-4-6-10(15)7-5-9/h4-8H,15H2,1-3H3,(H,16,17,18). The zero-order valence-electron chi connectivity index (χ0n) is 10.8. The predicted molar refractivity (Wildman–Crippen MR) is 73.4 cm³/mol. The van der Waals surface area contributed by atoms with E-state index in [-0.39, 0.29) is 11.0 Å². The van der Waals surface area contributed by atoms with Crippen LogP contribution >= 0.6 is 0 Å². The van der Waals surface area contributed by atoms with Crippen molar-refractivity contribution in [3.63, 3.8) is 0 Å². The molecule has 1 heterocycles. The average Bonchev–Trinajstić information content (AvgIpc) is 2.28. The lowest BCUT2D eigenvalue weighted by Gasteiger charge is -2.17. The molecule has 2 aromatic rings. The van der Waals surface area contributed by atoms with Crippen molar-refractivity contribution >= 4 is 5.69 Å². The number of aromatic nitrogens is 2. The third-order valence-electron chi connectivity index (χ3n) is 2.66. The molecule has 0 unspecified atom stereocenters. The minimum atomic E-state index is -0.191. The largest absolute Gasteiger partial charge is 0.399 e. The first-order valence-corrected chi connectivity index (χ1v) is 5.84. The van der Waals surface area contributed by atoms with E-state index in [0.717, 1.165) is 5.56 Å². The second-order valence-corrected chi connectivity index (χ2v) is 5.35. The van der Waals surface area contributed by atoms with Crippen LogP contribution < -0.4 is 11.3 Å². The van der Waals surface area contributed by atoms with Gasteiger partial charge in [0.15, 0.2) is 0 Å². The molecule has 0 spiro atoms. The van der Waals surface area contributed by atoms with Gasteiger partial charge in [-0.1, -0.05) is 32.9 Å². The van der Waals surface area contributed by atoms with Crippen molar-refractivity contribution in [3.8, 4) is 11.3 Å². The highest BCUT2D eigenvalue weighted by atomic mass is 16.1. The summed E-state index contributed by atoms with van der Waals surface area (Å²) >= 11 is 0. The van der Waals surface area contributed by atoms with Crippen LogP contribution in [0.25, 0.3) is 11.3 Å². The highest BCUT2D eigenvalue weighted by Crippen LogP contribution is 2.21. The lowest BCUT2D eigenvalue weighted by molar-refractivity contribution is 0.543. The van der Waals surface area contributed by atoms with E-state index >= 15 is 0 Å². The maximum Gasteiger partial charge on any atom is 0.251 e. The topological polar surface area (TPSA) is 71.8 Å². The minimum Gasteiger partial charge on any atom is -0.399 e. The molecular formula is C14H17N3O. The van der Waals surface area contributed by atoms with Gasteiger partial charge >= 0.3 is 0 Å². The van der Waals surface area contributed by atoms with Gasteiger partial charge in [0, 0.05) is 22.7 Å². The Morgan fingerprint density at radius 3 is 2.33 bits per heavy atom.